The van der Waals surface area contributed by atoms with Crippen LogP contribution in [0.15, 0.2) is 0 Å². The molecule has 0 aromatic carbocycles. The van der Waals surface area contributed by atoms with Crippen LogP contribution in [0.5, 0.6) is 0 Å². The largest absolute Gasteiger partial charge is 0.395 e. The van der Waals surface area contributed by atoms with Gasteiger partial charge >= 0.3 is 0 Å². The van der Waals surface area contributed by atoms with Crippen LogP contribution < -0.4 is 5.32 Å². The Labute approximate surface area is 96.5 Å². The summed E-state index contributed by atoms with van der Waals surface area (Å²) in [6.07, 6.45) is -1.15. The fourth-order valence-corrected chi connectivity index (χ4v) is 1.38. The van der Waals surface area contributed by atoms with Gasteiger partial charge in [0.05, 0.1) is 25.4 Å². The smallest absolute Gasteiger partial charge is 0.0894 e. The van der Waals surface area contributed by atoms with Crippen LogP contribution in [0.3, 0.4) is 0 Å². The Morgan fingerprint density at radius 3 is 2.38 bits per heavy atom. The first kappa shape index (κ1) is 15.8. The molecular formula is C10H24N2O4. The van der Waals surface area contributed by atoms with Crippen LogP contribution in [-0.4, -0.2) is 83.5 Å². The van der Waals surface area contributed by atoms with Crippen molar-refractivity contribution in [3.63, 3.8) is 0 Å². The first-order chi connectivity index (χ1) is 7.60. The van der Waals surface area contributed by atoms with Crippen molar-refractivity contribution in [2.75, 3.05) is 45.9 Å². The van der Waals surface area contributed by atoms with E-state index in [1.165, 1.54) is 0 Å². The first-order valence-corrected chi connectivity index (χ1v) is 5.61. The van der Waals surface area contributed by atoms with Gasteiger partial charge in [0.15, 0.2) is 0 Å². The molecule has 6 heteroatoms. The van der Waals surface area contributed by atoms with Gasteiger partial charge in [0.1, 0.15) is 0 Å². The van der Waals surface area contributed by atoms with Gasteiger partial charge in [-0.05, 0) is 6.92 Å². The number of aliphatic hydroxyl groups excluding tert-OH is 4. The summed E-state index contributed by atoms with van der Waals surface area (Å²) in [6.45, 7) is 4.23. The molecule has 0 saturated carbocycles. The summed E-state index contributed by atoms with van der Waals surface area (Å²) in [7, 11) is 0. The van der Waals surface area contributed by atoms with Gasteiger partial charge < -0.3 is 25.7 Å². The number of nitrogens with one attached hydrogen (secondary N) is 1. The Hall–Kier alpha value is -0.240. The average Bonchev–Trinajstić information content (AvgIpc) is 2.23. The zero-order chi connectivity index (χ0) is 12.4. The minimum Gasteiger partial charge on any atom is -0.395 e. The van der Waals surface area contributed by atoms with Crippen molar-refractivity contribution in [2.45, 2.75) is 19.1 Å². The maximum absolute atomic E-state index is 9.22. The van der Waals surface area contributed by atoms with E-state index in [-0.39, 0.29) is 13.2 Å². The van der Waals surface area contributed by atoms with Crippen molar-refractivity contribution >= 4 is 0 Å². The Kier molecular flexibility index (Phi) is 9.80. The van der Waals surface area contributed by atoms with Gasteiger partial charge in [-0.15, -0.1) is 0 Å². The van der Waals surface area contributed by atoms with Crippen LogP contribution in [0.4, 0.5) is 0 Å². The third-order valence-corrected chi connectivity index (χ3v) is 2.13. The number of aliphatic hydroxyl groups is 4. The summed E-state index contributed by atoms with van der Waals surface area (Å²) >= 11 is 0. The standard InChI is InChI=1S/C10H24N2O4/c1-9(15)7-12(4-5-13)3-2-11-6-10(16)8-14/h9-11,13-16H,2-8H2,1H3. The molecule has 0 bridgehead atoms. The zero-order valence-electron chi connectivity index (χ0n) is 9.84. The highest BCUT2D eigenvalue weighted by atomic mass is 16.3. The van der Waals surface area contributed by atoms with E-state index in [4.69, 9.17) is 15.3 Å². The van der Waals surface area contributed by atoms with Gasteiger partial charge in [-0.2, -0.15) is 0 Å². The molecule has 0 radical (unpaired) electrons. The molecule has 2 atom stereocenters. The summed E-state index contributed by atoms with van der Waals surface area (Å²) < 4.78 is 0. The highest BCUT2D eigenvalue weighted by Crippen LogP contribution is 1.91. The van der Waals surface area contributed by atoms with Crippen molar-refractivity contribution in [1.82, 2.24) is 10.2 Å². The van der Waals surface area contributed by atoms with Crippen molar-refractivity contribution in [3.05, 3.63) is 0 Å². The Balaban J connectivity index is 3.59. The van der Waals surface area contributed by atoms with Gasteiger partial charge in [-0.1, -0.05) is 0 Å². The molecule has 2 unspecified atom stereocenters. The molecular weight excluding hydrogens is 212 g/mol. The summed E-state index contributed by atoms with van der Waals surface area (Å²) in [5.41, 5.74) is 0. The molecule has 0 aliphatic rings. The van der Waals surface area contributed by atoms with Crippen molar-refractivity contribution < 1.29 is 20.4 Å². The summed E-state index contributed by atoms with van der Waals surface area (Å²) in [5.74, 6) is 0. The molecule has 5 N–H and O–H groups in total. The number of hydrogen-bond donors (Lipinski definition) is 5. The molecule has 0 aliphatic heterocycles. The van der Waals surface area contributed by atoms with Crippen LogP contribution in [0, 0.1) is 0 Å². The summed E-state index contributed by atoms with van der Waals surface area (Å²) in [5, 5.41) is 38.7. The maximum atomic E-state index is 9.22. The molecule has 6 nitrogen and oxygen atoms in total. The van der Waals surface area contributed by atoms with Crippen LogP contribution in [-0.2, 0) is 0 Å². The number of rotatable bonds is 10. The van der Waals surface area contributed by atoms with E-state index in [1.54, 1.807) is 6.92 Å². The van der Waals surface area contributed by atoms with Crippen LogP contribution in [0.25, 0.3) is 0 Å². The molecule has 0 rings (SSSR count). The van der Waals surface area contributed by atoms with Gasteiger partial charge in [0.2, 0.25) is 0 Å². The molecule has 0 aliphatic carbocycles. The first-order valence-electron chi connectivity index (χ1n) is 5.61. The maximum Gasteiger partial charge on any atom is 0.0894 e. The van der Waals surface area contributed by atoms with Crippen LogP contribution >= 0.6 is 0 Å². The van der Waals surface area contributed by atoms with E-state index in [0.717, 1.165) is 0 Å². The quantitative estimate of drug-likeness (QED) is 0.272. The summed E-state index contributed by atoms with van der Waals surface area (Å²) in [6, 6.07) is 0. The number of nitrogens with zero attached hydrogens (tertiary/aromatic N) is 1. The monoisotopic (exact) mass is 236 g/mol. The van der Waals surface area contributed by atoms with E-state index < -0.39 is 12.2 Å². The second-order valence-electron chi connectivity index (χ2n) is 3.91. The lowest BCUT2D eigenvalue weighted by Gasteiger charge is -2.23. The highest BCUT2D eigenvalue weighted by Gasteiger charge is 2.07. The number of hydrogen-bond acceptors (Lipinski definition) is 6. The van der Waals surface area contributed by atoms with Gasteiger partial charge in [-0.3, -0.25) is 4.90 Å². The second-order valence-corrected chi connectivity index (χ2v) is 3.91. The lowest BCUT2D eigenvalue weighted by atomic mass is 10.3. The molecule has 16 heavy (non-hydrogen) atoms. The van der Waals surface area contributed by atoms with Crippen LogP contribution in [0.1, 0.15) is 6.92 Å². The molecule has 0 spiro atoms. The van der Waals surface area contributed by atoms with Crippen molar-refractivity contribution in [3.8, 4) is 0 Å². The molecule has 0 aromatic rings. The lowest BCUT2D eigenvalue weighted by Crippen LogP contribution is -2.40. The van der Waals surface area contributed by atoms with E-state index in [0.29, 0.717) is 32.7 Å². The fourth-order valence-electron chi connectivity index (χ4n) is 1.38. The van der Waals surface area contributed by atoms with Gasteiger partial charge in [-0.25, -0.2) is 0 Å². The SMILES string of the molecule is CC(O)CN(CCO)CCNCC(O)CO. The minimum atomic E-state index is -0.733. The van der Waals surface area contributed by atoms with Crippen molar-refractivity contribution in [1.29, 1.82) is 0 Å². The molecule has 0 fully saturated rings. The second kappa shape index (κ2) is 9.95. The van der Waals surface area contributed by atoms with E-state index in [1.807, 2.05) is 4.90 Å². The predicted octanol–water partition coefficient (Wildman–Crippen LogP) is -2.40. The van der Waals surface area contributed by atoms with Crippen LogP contribution in [0.2, 0.25) is 0 Å². The molecule has 98 valence electrons. The fraction of sp³-hybridized carbons (Fsp3) is 1.00. The third kappa shape index (κ3) is 9.02. The normalized spacial score (nSPS) is 15.4. The Bertz CT molecular complexity index is 158. The Morgan fingerprint density at radius 1 is 1.19 bits per heavy atom. The predicted molar refractivity (Wildman–Crippen MR) is 61.2 cm³/mol. The molecule has 0 heterocycles. The van der Waals surface area contributed by atoms with Gasteiger partial charge in [0.25, 0.3) is 0 Å². The highest BCUT2D eigenvalue weighted by molar-refractivity contribution is 4.64. The van der Waals surface area contributed by atoms with Crippen molar-refractivity contribution in [2.24, 2.45) is 0 Å². The Morgan fingerprint density at radius 2 is 1.88 bits per heavy atom. The van der Waals surface area contributed by atoms with E-state index >= 15 is 0 Å². The molecule has 0 aromatic heterocycles. The van der Waals surface area contributed by atoms with E-state index in [9.17, 15) is 5.11 Å². The lowest BCUT2D eigenvalue weighted by molar-refractivity contribution is 0.0903. The van der Waals surface area contributed by atoms with Gasteiger partial charge in [0, 0.05) is 32.7 Å². The molecule has 0 amide bonds. The van der Waals surface area contributed by atoms with E-state index in [2.05, 4.69) is 5.32 Å². The third-order valence-electron chi connectivity index (χ3n) is 2.13. The topological polar surface area (TPSA) is 96.2 Å². The minimum absolute atomic E-state index is 0.0615. The summed E-state index contributed by atoms with van der Waals surface area (Å²) in [4.78, 5) is 1.93. The zero-order valence-corrected chi connectivity index (χ0v) is 9.84. The molecule has 0 saturated heterocycles. The average molecular weight is 236 g/mol.